The van der Waals surface area contributed by atoms with E-state index in [0.29, 0.717) is 0 Å². The van der Waals surface area contributed by atoms with Crippen LogP contribution < -0.4 is 10.2 Å². The van der Waals surface area contributed by atoms with Crippen molar-refractivity contribution in [3.05, 3.63) is 28.7 Å². The Balaban J connectivity index is 1.82. The largest absolute Gasteiger partial charge is 0.365 e. The molecule has 0 saturated carbocycles. The van der Waals surface area contributed by atoms with Gasteiger partial charge >= 0.3 is 0 Å². The first-order valence-electron chi connectivity index (χ1n) is 6.97. The van der Waals surface area contributed by atoms with Crippen LogP contribution in [0.3, 0.4) is 0 Å². The minimum atomic E-state index is 0.751. The third-order valence-corrected chi connectivity index (χ3v) is 5.12. The van der Waals surface area contributed by atoms with Crippen molar-refractivity contribution in [2.75, 3.05) is 18.5 Å². The van der Waals surface area contributed by atoms with Gasteiger partial charge in [-0.15, -0.1) is 0 Å². The number of nitrogens with one attached hydrogen (secondary N) is 1. The zero-order valence-electron chi connectivity index (χ0n) is 10.9. The Morgan fingerprint density at radius 1 is 1.22 bits per heavy atom. The number of halogens is 1. The summed E-state index contributed by atoms with van der Waals surface area (Å²) in [5.41, 5.74) is 1.40. The Hall–Kier alpha value is -0.540. The summed E-state index contributed by atoms with van der Waals surface area (Å²) in [6, 6.07) is 10.2. The van der Waals surface area contributed by atoms with E-state index >= 15 is 0 Å². The van der Waals surface area contributed by atoms with Gasteiger partial charge in [0.25, 0.3) is 0 Å². The highest BCUT2D eigenvalue weighted by Crippen LogP contribution is 2.43. The number of rotatable bonds is 3. The molecule has 2 fully saturated rings. The second-order valence-electron chi connectivity index (χ2n) is 5.64. The molecule has 3 rings (SSSR count). The van der Waals surface area contributed by atoms with Crippen molar-refractivity contribution in [3.8, 4) is 0 Å². The average Bonchev–Trinajstić information content (AvgIpc) is 2.62. The highest BCUT2D eigenvalue weighted by molar-refractivity contribution is 9.10. The predicted octanol–water partition coefficient (Wildman–Crippen LogP) is 3.42. The van der Waals surface area contributed by atoms with E-state index in [1.54, 1.807) is 0 Å². The summed E-state index contributed by atoms with van der Waals surface area (Å²) in [7, 11) is 2.07. The van der Waals surface area contributed by atoms with Crippen LogP contribution in [0.2, 0.25) is 0 Å². The van der Waals surface area contributed by atoms with E-state index in [9.17, 15) is 0 Å². The molecule has 1 N–H and O–H groups in total. The molecule has 3 heteroatoms. The summed E-state index contributed by atoms with van der Waals surface area (Å²) in [5.74, 6) is 0.867. The Labute approximate surface area is 118 Å². The molecular formula is C15H21BrN2. The fourth-order valence-corrected chi connectivity index (χ4v) is 4.29. The van der Waals surface area contributed by atoms with Gasteiger partial charge < -0.3 is 10.2 Å². The van der Waals surface area contributed by atoms with Crippen LogP contribution in [0.1, 0.15) is 25.7 Å². The molecule has 2 unspecified atom stereocenters. The van der Waals surface area contributed by atoms with Crippen molar-refractivity contribution in [1.82, 2.24) is 5.32 Å². The molecule has 2 nitrogen and oxygen atoms in total. The van der Waals surface area contributed by atoms with Crippen molar-refractivity contribution in [1.29, 1.82) is 0 Å². The Morgan fingerprint density at radius 3 is 2.50 bits per heavy atom. The lowest BCUT2D eigenvalue weighted by Gasteiger charge is -2.41. The quantitative estimate of drug-likeness (QED) is 0.920. The molecular weight excluding hydrogens is 288 g/mol. The first-order chi connectivity index (χ1) is 8.79. The van der Waals surface area contributed by atoms with Gasteiger partial charge in [0, 0.05) is 16.6 Å². The molecule has 98 valence electrons. The maximum atomic E-state index is 3.71. The fourth-order valence-electron chi connectivity index (χ4n) is 3.80. The van der Waals surface area contributed by atoms with Crippen molar-refractivity contribution < 1.29 is 0 Å². The zero-order chi connectivity index (χ0) is 12.5. The van der Waals surface area contributed by atoms with Crippen molar-refractivity contribution >= 4 is 21.6 Å². The molecule has 2 heterocycles. The molecule has 0 spiro atoms. The summed E-state index contributed by atoms with van der Waals surface area (Å²) in [4.78, 5) is 2.68. The Kier molecular flexibility index (Phi) is 3.62. The van der Waals surface area contributed by atoms with E-state index in [2.05, 4.69) is 57.5 Å². The lowest BCUT2D eigenvalue weighted by Crippen LogP contribution is -2.45. The molecule has 1 aromatic rings. The monoisotopic (exact) mass is 308 g/mol. The topological polar surface area (TPSA) is 15.3 Å². The lowest BCUT2D eigenvalue weighted by molar-refractivity contribution is 0.332. The molecule has 2 atom stereocenters. The molecule has 0 aliphatic carbocycles. The van der Waals surface area contributed by atoms with Gasteiger partial charge in [-0.05, 0) is 73.3 Å². The number of hydrogen-bond donors (Lipinski definition) is 1. The van der Waals surface area contributed by atoms with Gasteiger partial charge in [0.2, 0.25) is 0 Å². The lowest BCUT2D eigenvalue weighted by atomic mass is 9.90. The average molecular weight is 309 g/mol. The van der Waals surface area contributed by atoms with Crippen LogP contribution in [-0.2, 0) is 0 Å². The molecule has 2 bridgehead atoms. The summed E-state index contributed by atoms with van der Waals surface area (Å²) >= 11 is 3.71. The minimum absolute atomic E-state index is 0.751. The summed E-state index contributed by atoms with van der Waals surface area (Å²) in [6.07, 6.45) is 5.43. The molecule has 0 amide bonds. The van der Waals surface area contributed by atoms with E-state index in [1.165, 1.54) is 42.4 Å². The molecule has 2 aliphatic rings. The Morgan fingerprint density at radius 2 is 1.89 bits per heavy atom. The van der Waals surface area contributed by atoms with Crippen LogP contribution in [0.25, 0.3) is 0 Å². The molecule has 0 radical (unpaired) electrons. The number of piperidine rings is 1. The first-order valence-corrected chi connectivity index (χ1v) is 7.76. The van der Waals surface area contributed by atoms with E-state index in [1.807, 2.05) is 0 Å². The van der Waals surface area contributed by atoms with Crippen LogP contribution in [-0.4, -0.2) is 25.7 Å². The molecule has 2 aliphatic heterocycles. The smallest absolute Gasteiger partial charge is 0.0515 e. The molecule has 18 heavy (non-hydrogen) atoms. The number of fused-ring (bicyclic) bond motifs is 2. The van der Waals surface area contributed by atoms with E-state index < -0.39 is 0 Å². The predicted molar refractivity (Wildman–Crippen MR) is 80.1 cm³/mol. The number of anilines is 1. The van der Waals surface area contributed by atoms with Gasteiger partial charge in [-0.1, -0.05) is 12.1 Å². The van der Waals surface area contributed by atoms with Gasteiger partial charge in [-0.3, -0.25) is 0 Å². The summed E-state index contributed by atoms with van der Waals surface area (Å²) in [6.45, 7) is 1.18. The van der Waals surface area contributed by atoms with Crippen LogP contribution in [0.5, 0.6) is 0 Å². The maximum absolute atomic E-state index is 3.71. The van der Waals surface area contributed by atoms with E-state index in [-0.39, 0.29) is 0 Å². The van der Waals surface area contributed by atoms with Gasteiger partial charge in [-0.25, -0.2) is 0 Å². The number of hydrogen-bond acceptors (Lipinski definition) is 2. The molecule has 1 aromatic carbocycles. The number of benzene rings is 1. The highest BCUT2D eigenvalue weighted by atomic mass is 79.9. The van der Waals surface area contributed by atoms with Crippen LogP contribution in [0.15, 0.2) is 28.7 Å². The highest BCUT2D eigenvalue weighted by Gasteiger charge is 2.40. The van der Waals surface area contributed by atoms with E-state index in [0.717, 1.165) is 18.0 Å². The second-order valence-corrected chi connectivity index (χ2v) is 6.49. The fraction of sp³-hybridized carbons (Fsp3) is 0.600. The van der Waals surface area contributed by atoms with Gasteiger partial charge in [0.05, 0.1) is 5.69 Å². The van der Waals surface area contributed by atoms with Crippen LogP contribution in [0, 0.1) is 5.92 Å². The van der Waals surface area contributed by atoms with Gasteiger partial charge in [0.1, 0.15) is 0 Å². The number of nitrogens with zero attached hydrogens (tertiary/aromatic N) is 1. The Bertz CT molecular complexity index is 407. The second kappa shape index (κ2) is 5.22. The standard InChI is InChI=1S/C15H21BrN2/c1-17-10-11-8-12-6-7-13(9-11)18(12)15-5-3-2-4-14(15)16/h2-5,11-13,17H,6-10H2,1H3. The van der Waals surface area contributed by atoms with Crippen molar-refractivity contribution in [2.45, 2.75) is 37.8 Å². The van der Waals surface area contributed by atoms with Crippen molar-refractivity contribution in [3.63, 3.8) is 0 Å². The number of para-hydroxylation sites is 1. The van der Waals surface area contributed by atoms with Gasteiger partial charge in [0.15, 0.2) is 0 Å². The summed E-state index contributed by atoms with van der Waals surface area (Å²) in [5, 5.41) is 3.34. The maximum Gasteiger partial charge on any atom is 0.0515 e. The zero-order valence-corrected chi connectivity index (χ0v) is 12.5. The first kappa shape index (κ1) is 12.5. The third kappa shape index (κ3) is 2.19. The van der Waals surface area contributed by atoms with Crippen LogP contribution >= 0.6 is 15.9 Å². The van der Waals surface area contributed by atoms with Crippen molar-refractivity contribution in [2.24, 2.45) is 5.92 Å². The van der Waals surface area contributed by atoms with E-state index in [4.69, 9.17) is 0 Å². The van der Waals surface area contributed by atoms with Gasteiger partial charge in [-0.2, -0.15) is 0 Å². The normalized spacial score (nSPS) is 30.8. The molecule has 0 aromatic heterocycles. The third-order valence-electron chi connectivity index (χ3n) is 4.45. The minimum Gasteiger partial charge on any atom is -0.365 e. The molecule has 2 saturated heterocycles. The van der Waals surface area contributed by atoms with Crippen LogP contribution in [0.4, 0.5) is 5.69 Å². The summed E-state index contributed by atoms with van der Waals surface area (Å²) < 4.78 is 1.24. The SMILES string of the molecule is CNCC1CC2CCC(C1)N2c1ccccc1Br.